The van der Waals surface area contributed by atoms with E-state index in [2.05, 4.69) is 18.8 Å². The maximum atomic E-state index is 13.0. The largest absolute Gasteiger partial charge is 0.280 e. The van der Waals surface area contributed by atoms with Gasteiger partial charge in [-0.2, -0.15) is 4.31 Å². The van der Waals surface area contributed by atoms with Gasteiger partial charge in [0.1, 0.15) is 5.69 Å². The molecule has 2 amide bonds. The summed E-state index contributed by atoms with van der Waals surface area (Å²) in [6.07, 6.45) is 2.51. The number of carbonyl (C=O) groups is 2. The highest BCUT2D eigenvalue weighted by Crippen LogP contribution is 2.27. The number of pyridine rings is 1. The summed E-state index contributed by atoms with van der Waals surface area (Å²) < 4.78 is 27.5. The lowest BCUT2D eigenvalue weighted by Crippen LogP contribution is -2.42. The van der Waals surface area contributed by atoms with E-state index in [9.17, 15) is 18.0 Å². The third-order valence-electron chi connectivity index (χ3n) is 5.47. The minimum Gasteiger partial charge on any atom is -0.268 e. The second-order valence-corrected chi connectivity index (χ2v) is 9.95. The Kier molecular flexibility index (Phi) is 5.00. The zero-order chi connectivity index (χ0) is 20.8. The zero-order valence-electron chi connectivity index (χ0n) is 16.4. The lowest BCUT2D eigenvalue weighted by Gasteiger charge is -2.34. The van der Waals surface area contributed by atoms with E-state index in [-0.39, 0.29) is 23.0 Å². The van der Waals surface area contributed by atoms with E-state index in [4.69, 9.17) is 0 Å². The SMILES string of the molecule is C[C@H]1C[C@H](C)CN(S(=O)(=O)c2ccc(CN3C(=O)c4cccnc4C3=O)cc2)C1. The third-order valence-corrected chi connectivity index (χ3v) is 7.31. The first-order valence-corrected chi connectivity index (χ1v) is 11.1. The van der Waals surface area contributed by atoms with Crippen molar-refractivity contribution < 1.29 is 18.0 Å². The molecular weight excluding hydrogens is 390 g/mol. The highest BCUT2D eigenvalue weighted by Gasteiger charge is 2.36. The Labute approximate surface area is 170 Å². The lowest BCUT2D eigenvalue weighted by atomic mass is 9.94. The van der Waals surface area contributed by atoms with Gasteiger partial charge in [0.15, 0.2) is 0 Å². The molecule has 2 atom stereocenters. The summed E-state index contributed by atoms with van der Waals surface area (Å²) in [5.74, 6) is -0.157. The summed E-state index contributed by atoms with van der Waals surface area (Å²) in [6, 6.07) is 9.60. The van der Waals surface area contributed by atoms with Crippen LogP contribution in [0, 0.1) is 11.8 Å². The molecule has 0 unspecified atom stereocenters. The molecule has 1 aromatic carbocycles. The second-order valence-electron chi connectivity index (χ2n) is 8.01. The topological polar surface area (TPSA) is 87.7 Å². The van der Waals surface area contributed by atoms with E-state index >= 15 is 0 Å². The Balaban J connectivity index is 1.52. The summed E-state index contributed by atoms with van der Waals surface area (Å²) in [4.78, 5) is 30.3. The number of nitrogens with zero attached hydrogens (tertiary/aromatic N) is 3. The minimum absolute atomic E-state index is 0.0755. The van der Waals surface area contributed by atoms with Crippen molar-refractivity contribution in [3.63, 3.8) is 0 Å². The van der Waals surface area contributed by atoms with Crippen LogP contribution < -0.4 is 0 Å². The molecule has 152 valence electrons. The van der Waals surface area contributed by atoms with E-state index in [1.165, 1.54) is 6.20 Å². The van der Waals surface area contributed by atoms with Crippen LogP contribution in [0.25, 0.3) is 0 Å². The van der Waals surface area contributed by atoms with Crippen LogP contribution in [0.3, 0.4) is 0 Å². The molecule has 7 nitrogen and oxygen atoms in total. The first-order chi connectivity index (χ1) is 13.8. The smallest absolute Gasteiger partial charge is 0.268 e. The van der Waals surface area contributed by atoms with Crippen LogP contribution in [-0.2, 0) is 16.6 Å². The molecule has 2 aliphatic rings. The molecule has 2 aromatic rings. The van der Waals surface area contributed by atoms with Gasteiger partial charge < -0.3 is 0 Å². The number of piperidine rings is 1. The van der Waals surface area contributed by atoms with Gasteiger partial charge in [0, 0.05) is 19.3 Å². The van der Waals surface area contributed by atoms with E-state index in [1.54, 1.807) is 40.7 Å². The quantitative estimate of drug-likeness (QED) is 0.719. The van der Waals surface area contributed by atoms with Gasteiger partial charge in [-0.25, -0.2) is 8.42 Å². The summed E-state index contributed by atoms with van der Waals surface area (Å²) in [6.45, 7) is 5.26. The molecule has 8 heteroatoms. The summed E-state index contributed by atoms with van der Waals surface area (Å²) >= 11 is 0. The molecule has 0 bridgehead atoms. The van der Waals surface area contributed by atoms with Gasteiger partial charge in [-0.05, 0) is 48.1 Å². The Morgan fingerprint density at radius 2 is 1.66 bits per heavy atom. The highest BCUT2D eigenvalue weighted by atomic mass is 32.2. The summed E-state index contributed by atoms with van der Waals surface area (Å²) in [5, 5.41) is 0. The van der Waals surface area contributed by atoms with Gasteiger partial charge in [0.25, 0.3) is 11.8 Å². The second kappa shape index (κ2) is 7.35. The average molecular weight is 413 g/mol. The van der Waals surface area contributed by atoms with Gasteiger partial charge in [-0.1, -0.05) is 26.0 Å². The number of aromatic nitrogens is 1. The first kappa shape index (κ1) is 19.7. The number of amides is 2. The number of sulfonamides is 1. The van der Waals surface area contributed by atoms with Crippen molar-refractivity contribution in [1.29, 1.82) is 0 Å². The maximum absolute atomic E-state index is 13.0. The van der Waals surface area contributed by atoms with E-state index < -0.39 is 15.9 Å². The van der Waals surface area contributed by atoms with Crippen LogP contribution in [0.1, 0.15) is 46.7 Å². The monoisotopic (exact) mass is 413 g/mol. The van der Waals surface area contributed by atoms with Crippen LogP contribution in [0.4, 0.5) is 0 Å². The van der Waals surface area contributed by atoms with Crippen LogP contribution in [0.2, 0.25) is 0 Å². The van der Waals surface area contributed by atoms with Crippen molar-refractivity contribution in [2.75, 3.05) is 13.1 Å². The van der Waals surface area contributed by atoms with Crippen molar-refractivity contribution in [1.82, 2.24) is 14.2 Å². The van der Waals surface area contributed by atoms with Crippen LogP contribution in [-0.4, -0.2) is 47.5 Å². The standard InChI is InChI=1S/C21H23N3O4S/c1-14-10-15(2)12-23(11-14)29(27,28)17-7-5-16(6-8-17)13-24-20(25)18-4-3-9-22-19(18)21(24)26/h3-9,14-15H,10-13H2,1-2H3/t14-,15-/m0/s1. The lowest BCUT2D eigenvalue weighted by molar-refractivity contribution is 0.0640. The Morgan fingerprint density at radius 3 is 2.28 bits per heavy atom. The number of fused-ring (bicyclic) bond motifs is 1. The molecular formula is C21H23N3O4S. The molecule has 1 fully saturated rings. The van der Waals surface area contributed by atoms with Gasteiger partial charge in [0.05, 0.1) is 17.0 Å². The van der Waals surface area contributed by atoms with Crippen molar-refractivity contribution in [3.8, 4) is 0 Å². The Hall–Kier alpha value is -2.58. The number of benzene rings is 1. The van der Waals surface area contributed by atoms with E-state index in [0.29, 0.717) is 36.1 Å². The number of imide groups is 1. The number of hydrogen-bond acceptors (Lipinski definition) is 5. The zero-order valence-corrected chi connectivity index (χ0v) is 17.2. The predicted molar refractivity (Wildman–Crippen MR) is 107 cm³/mol. The molecule has 0 aliphatic carbocycles. The van der Waals surface area contributed by atoms with Crippen molar-refractivity contribution in [2.24, 2.45) is 11.8 Å². The molecule has 0 radical (unpaired) electrons. The van der Waals surface area contributed by atoms with Gasteiger partial charge in [0.2, 0.25) is 10.0 Å². The van der Waals surface area contributed by atoms with Crippen LogP contribution in [0.15, 0.2) is 47.5 Å². The highest BCUT2D eigenvalue weighted by molar-refractivity contribution is 7.89. The Bertz CT molecular complexity index is 1020. The fourth-order valence-electron chi connectivity index (χ4n) is 4.16. The molecule has 4 rings (SSSR count). The first-order valence-electron chi connectivity index (χ1n) is 9.67. The van der Waals surface area contributed by atoms with Gasteiger partial charge >= 0.3 is 0 Å². The van der Waals surface area contributed by atoms with E-state index in [0.717, 1.165) is 11.3 Å². The predicted octanol–water partition coefficient (Wildman–Crippen LogP) is 2.54. The van der Waals surface area contributed by atoms with E-state index in [1.807, 2.05) is 0 Å². The van der Waals surface area contributed by atoms with Crippen LogP contribution >= 0.6 is 0 Å². The number of carbonyl (C=O) groups excluding carboxylic acids is 2. The molecule has 0 N–H and O–H groups in total. The van der Waals surface area contributed by atoms with Gasteiger partial charge in [-0.3, -0.25) is 19.5 Å². The van der Waals surface area contributed by atoms with Crippen molar-refractivity contribution in [2.45, 2.75) is 31.7 Å². The summed E-state index contributed by atoms with van der Waals surface area (Å²) in [5.41, 5.74) is 1.13. The number of rotatable bonds is 4. The van der Waals surface area contributed by atoms with Crippen molar-refractivity contribution in [3.05, 3.63) is 59.4 Å². The molecule has 0 spiro atoms. The summed E-state index contributed by atoms with van der Waals surface area (Å²) in [7, 11) is -3.56. The molecule has 1 aromatic heterocycles. The molecule has 0 saturated carbocycles. The molecule has 29 heavy (non-hydrogen) atoms. The Morgan fingerprint density at radius 1 is 1.00 bits per heavy atom. The maximum Gasteiger partial charge on any atom is 0.280 e. The van der Waals surface area contributed by atoms with Gasteiger partial charge in [-0.15, -0.1) is 0 Å². The third kappa shape index (κ3) is 3.58. The molecule has 1 saturated heterocycles. The molecule has 2 aliphatic heterocycles. The van der Waals surface area contributed by atoms with Crippen molar-refractivity contribution >= 4 is 21.8 Å². The fourth-order valence-corrected chi connectivity index (χ4v) is 5.84. The average Bonchev–Trinajstić information content (AvgIpc) is 2.93. The van der Waals surface area contributed by atoms with Crippen LogP contribution in [0.5, 0.6) is 0 Å². The minimum atomic E-state index is -3.56. The molecule has 3 heterocycles. The normalized spacial score (nSPS) is 22.8. The fraction of sp³-hybridized carbons (Fsp3) is 0.381. The number of hydrogen-bond donors (Lipinski definition) is 0.